The highest BCUT2D eigenvalue weighted by atomic mass is 16.7. The molecular weight excluding hydrogens is 380 g/mol. The van der Waals surface area contributed by atoms with Crippen LogP contribution in [-0.2, 0) is 19.0 Å². The van der Waals surface area contributed by atoms with Crippen molar-refractivity contribution in [2.75, 3.05) is 20.8 Å². The minimum absolute atomic E-state index is 0.511. The number of hydrogen-bond donors (Lipinski definition) is 3. The normalized spacial score (nSPS) is 28.1. The lowest BCUT2D eigenvalue weighted by atomic mass is 9.94. The van der Waals surface area contributed by atoms with Crippen molar-refractivity contribution in [3.63, 3.8) is 0 Å². The van der Waals surface area contributed by atoms with Crippen LogP contribution in [0, 0.1) is 0 Å². The third kappa shape index (κ3) is 4.22. The molecule has 1 heterocycles. The second kappa shape index (κ2) is 9.06. The van der Waals surface area contributed by atoms with Crippen LogP contribution in [0.4, 0.5) is 0 Å². The van der Waals surface area contributed by atoms with Gasteiger partial charge in [0.25, 0.3) is 0 Å². The molecule has 1 aliphatic rings. The molecule has 0 amide bonds. The van der Waals surface area contributed by atoms with Gasteiger partial charge in [0.15, 0.2) is 12.4 Å². The molecule has 8 heteroatoms. The lowest BCUT2D eigenvalue weighted by molar-refractivity contribution is -0.297. The average Bonchev–Trinajstić information content (AvgIpc) is 2.75. The molecule has 6 atom stereocenters. The number of aliphatic hydroxyl groups is 3. The summed E-state index contributed by atoms with van der Waals surface area (Å²) in [5.41, 5.74) is 0.744. The third-order valence-corrected chi connectivity index (χ3v) is 5.25. The van der Waals surface area contributed by atoms with E-state index in [1.807, 2.05) is 36.4 Å². The number of methoxy groups -OCH3 is 2. The van der Waals surface area contributed by atoms with Gasteiger partial charge in [-0.25, -0.2) is 0 Å². The fourth-order valence-electron chi connectivity index (χ4n) is 3.54. The topological polar surface area (TPSA) is 115 Å². The van der Waals surface area contributed by atoms with Crippen molar-refractivity contribution >= 4 is 16.7 Å². The van der Waals surface area contributed by atoms with E-state index in [9.17, 15) is 20.1 Å². The van der Waals surface area contributed by atoms with Crippen molar-refractivity contribution in [2.24, 2.45) is 0 Å². The Morgan fingerprint density at radius 1 is 1.17 bits per heavy atom. The van der Waals surface area contributed by atoms with Gasteiger partial charge in [0.1, 0.15) is 24.1 Å². The maximum absolute atomic E-state index is 12.8. The maximum atomic E-state index is 12.8. The molecule has 1 fully saturated rings. The zero-order chi connectivity index (χ0) is 21.1. The summed E-state index contributed by atoms with van der Waals surface area (Å²) in [6, 6.07) is 11.1. The molecule has 0 aliphatic carbocycles. The number of ether oxygens (including phenoxy) is 4. The molecule has 158 valence electrons. The number of carbonyl (C=O) groups excluding carboxylic acids is 1. The van der Waals surface area contributed by atoms with E-state index in [0.29, 0.717) is 5.75 Å². The Morgan fingerprint density at radius 3 is 2.59 bits per heavy atom. The molecular formula is C21H26O8. The second-order valence-corrected chi connectivity index (χ2v) is 7.00. The lowest BCUT2D eigenvalue weighted by Crippen LogP contribution is -2.60. The van der Waals surface area contributed by atoms with Gasteiger partial charge >= 0.3 is 5.97 Å². The van der Waals surface area contributed by atoms with Crippen molar-refractivity contribution in [3.8, 4) is 5.75 Å². The van der Waals surface area contributed by atoms with E-state index in [1.165, 1.54) is 7.11 Å². The van der Waals surface area contributed by atoms with Gasteiger partial charge in [0.2, 0.25) is 0 Å². The molecule has 3 N–H and O–H groups in total. The molecule has 3 rings (SSSR count). The summed E-state index contributed by atoms with van der Waals surface area (Å²) in [6.45, 7) is 1.18. The molecule has 0 radical (unpaired) electrons. The standard InChI is InChI=1S/C21H26O8/c1-11(14-6-4-5-12-9-13(26-2)7-8-15(12)14)20(25)29-19-17(23)16(10-22)28-21(27-3)18(19)24/h4-9,11,16-19,21-24H,10H2,1-3H3/t11?,16-,17-,18-,19+,21+/m1/s1. The van der Waals surface area contributed by atoms with E-state index >= 15 is 0 Å². The number of hydrogen-bond acceptors (Lipinski definition) is 8. The van der Waals surface area contributed by atoms with Gasteiger partial charge < -0.3 is 34.3 Å². The zero-order valence-electron chi connectivity index (χ0n) is 16.5. The van der Waals surface area contributed by atoms with E-state index in [2.05, 4.69) is 0 Å². The van der Waals surface area contributed by atoms with Gasteiger partial charge in [-0.1, -0.05) is 24.3 Å². The highest BCUT2D eigenvalue weighted by Crippen LogP contribution is 2.31. The van der Waals surface area contributed by atoms with E-state index in [-0.39, 0.29) is 0 Å². The minimum Gasteiger partial charge on any atom is -0.497 e. The van der Waals surface area contributed by atoms with Crippen molar-refractivity contribution < 1.29 is 39.1 Å². The Balaban J connectivity index is 1.84. The molecule has 0 aromatic heterocycles. The predicted molar refractivity (Wildman–Crippen MR) is 104 cm³/mol. The summed E-state index contributed by atoms with van der Waals surface area (Å²) in [6.07, 6.45) is -6.26. The van der Waals surface area contributed by atoms with Gasteiger partial charge in [-0.2, -0.15) is 0 Å². The van der Waals surface area contributed by atoms with Crippen LogP contribution in [-0.4, -0.2) is 72.8 Å². The first-order chi connectivity index (χ1) is 13.9. The second-order valence-electron chi connectivity index (χ2n) is 7.00. The number of benzene rings is 2. The third-order valence-electron chi connectivity index (χ3n) is 5.25. The summed E-state index contributed by atoms with van der Waals surface area (Å²) >= 11 is 0. The number of aliphatic hydroxyl groups excluding tert-OH is 3. The van der Waals surface area contributed by atoms with E-state index in [4.69, 9.17) is 18.9 Å². The number of carbonyl (C=O) groups is 1. The van der Waals surface area contributed by atoms with Crippen molar-refractivity contribution in [1.29, 1.82) is 0 Å². The molecule has 1 saturated heterocycles. The largest absolute Gasteiger partial charge is 0.497 e. The van der Waals surface area contributed by atoms with Crippen LogP contribution in [0.5, 0.6) is 5.75 Å². The van der Waals surface area contributed by atoms with Gasteiger partial charge in [-0.05, 0) is 35.4 Å². The Bertz CT molecular complexity index is 838. The number of rotatable bonds is 6. The van der Waals surface area contributed by atoms with Gasteiger partial charge in [-0.3, -0.25) is 4.79 Å². The molecule has 1 aliphatic heterocycles. The Hall–Kier alpha value is -2.23. The van der Waals surface area contributed by atoms with Crippen molar-refractivity contribution in [3.05, 3.63) is 42.0 Å². The molecule has 0 spiro atoms. The summed E-state index contributed by atoms with van der Waals surface area (Å²) < 4.78 is 21.0. The van der Waals surface area contributed by atoms with Crippen LogP contribution in [0.2, 0.25) is 0 Å². The van der Waals surface area contributed by atoms with Crippen molar-refractivity contribution in [2.45, 2.75) is 43.5 Å². The van der Waals surface area contributed by atoms with Crippen LogP contribution < -0.4 is 4.74 Å². The molecule has 0 bridgehead atoms. The molecule has 2 aromatic carbocycles. The molecule has 0 saturated carbocycles. The van der Waals surface area contributed by atoms with E-state index in [0.717, 1.165) is 16.3 Å². The van der Waals surface area contributed by atoms with Crippen LogP contribution in [0.1, 0.15) is 18.4 Å². The zero-order valence-corrected chi connectivity index (χ0v) is 16.5. The van der Waals surface area contributed by atoms with Gasteiger partial charge in [0, 0.05) is 7.11 Å². The smallest absolute Gasteiger partial charge is 0.313 e. The monoisotopic (exact) mass is 406 g/mol. The van der Waals surface area contributed by atoms with E-state index < -0.39 is 49.2 Å². The highest BCUT2D eigenvalue weighted by molar-refractivity contribution is 5.91. The number of fused-ring (bicyclic) bond motifs is 1. The van der Waals surface area contributed by atoms with Crippen LogP contribution >= 0.6 is 0 Å². The average molecular weight is 406 g/mol. The molecule has 8 nitrogen and oxygen atoms in total. The van der Waals surface area contributed by atoms with Crippen LogP contribution in [0.3, 0.4) is 0 Å². The first-order valence-corrected chi connectivity index (χ1v) is 9.33. The summed E-state index contributed by atoms with van der Waals surface area (Å²) in [7, 11) is 2.90. The van der Waals surface area contributed by atoms with Crippen LogP contribution in [0.25, 0.3) is 10.8 Å². The number of esters is 1. The maximum Gasteiger partial charge on any atom is 0.313 e. The lowest BCUT2D eigenvalue weighted by Gasteiger charge is -2.41. The predicted octanol–water partition coefficient (Wildman–Crippen LogP) is 0.949. The van der Waals surface area contributed by atoms with E-state index in [1.54, 1.807) is 14.0 Å². The quantitative estimate of drug-likeness (QED) is 0.608. The van der Waals surface area contributed by atoms with Crippen molar-refractivity contribution in [1.82, 2.24) is 0 Å². The Kier molecular flexibility index (Phi) is 6.71. The minimum atomic E-state index is -1.40. The SMILES string of the molecule is COc1ccc2c(C(C)C(=O)O[C@@H]3[C@@H](O)[C@@H](OC)O[C@H](CO)[C@H]3O)cccc2c1. The first kappa shape index (κ1) is 21.5. The summed E-state index contributed by atoms with van der Waals surface area (Å²) in [5, 5.41) is 31.9. The first-order valence-electron chi connectivity index (χ1n) is 9.33. The molecule has 2 aromatic rings. The van der Waals surface area contributed by atoms with Gasteiger partial charge in [0.05, 0.1) is 19.6 Å². The summed E-state index contributed by atoms with van der Waals surface area (Å²) in [5.74, 6) is -0.577. The van der Waals surface area contributed by atoms with Crippen LogP contribution in [0.15, 0.2) is 36.4 Å². The molecule has 1 unspecified atom stereocenters. The van der Waals surface area contributed by atoms with Gasteiger partial charge in [-0.15, -0.1) is 0 Å². The fourth-order valence-corrected chi connectivity index (χ4v) is 3.54. The molecule has 29 heavy (non-hydrogen) atoms. The Labute approximate surface area is 168 Å². The summed E-state index contributed by atoms with van der Waals surface area (Å²) in [4.78, 5) is 12.8. The highest BCUT2D eigenvalue weighted by Gasteiger charge is 2.47. The Morgan fingerprint density at radius 2 is 1.93 bits per heavy atom. The fraction of sp³-hybridized carbons (Fsp3) is 0.476.